The van der Waals surface area contributed by atoms with Crippen molar-refractivity contribution in [2.24, 2.45) is 5.92 Å². The highest BCUT2D eigenvalue weighted by molar-refractivity contribution is 5.83. The van der Waals surface area contributed by atoms with Crippen molar-refractivity contribution in [3.63, 3.8) is 0 Å². The van der Waals surface area contributed by atoms with Gasteiger partial charge in [-0.1, -0.05) is 0 Å². The maximum Gasteiger partial charge on any atom is 0.142 e. The molecule has 1 aromatic heterocycles. The fourth-order valence-corrected chi connectivity index (χ4v) is 1.74. The van der Waals surface area contributed by atoms with Crippen LogP contribution < -0.4 is 5.73 Å². The van der Waals surface area contributed by atoms with E-state index in [4.69, 9.17) is 10.5 Å². The smallest absolute Gasteiger partial charge is 0.142 e. The zero-order valence-electron chi connectivity index (χ0n) is 8.48. The van der Waals surface area contributed by atoms with Crippen molar-refractivity contribution in [1.29, 1.82) is 0 Å². The van der Waals surface area contributed by atoms with Gasteiger partial charge in [0.1, 0.15) is 11.6 Å². The second kappa shape index (κ2) is 4.40. The minimum Gasteiger partial charge on any atom is -0.384 e. The molecule has 1 fully saturated rings. The van der Waals surface area contributed by atoms with Crippen molar-refractivity contribution in [1.82, 2.24) is 4.98 Å². The minimum atomic E-state index is 0.0689. The third kappa shape index (κ3) is 2.53. The van der Waals surface area contributed by atoms with E-state index in [2.05, 4.69) is 4.98 Å². The molecule has 0 bridgehead atoms. The lowest BCUT2D eigenvalue weighted by Gasteiger charge is -2.06. The standard InChI is InChI=1S/C11H14N2O2/c12-11-6-8(1-3-13-11)5-10(14)9-2-4-15-7-9/h1,3,6,9H,2,4-5,7H2,(H2,12,13). The van der Waals surface area contributed by atoms with Gasteiger partial charge in [-0.2, -0.15) is 0 Å². The normalized spacial score (nSPS) is 20.4. The van der Waals surface area contributed by atoms with Crippen LogP contribution in [0.5, 0.6) is 0 Å². The van der Waals surface area contributed by atoms with Gasteiger partial charge in [-0.05, 0) is 24.1 Å². The van der Waals surface area contributed by atoms with E-state index in [0.29, 0.717) is 25.5 Å². The molecule has 4 heteroatoms. The number of hydrogen-bond donors (Lipinski definition) is 1. The van der Waals surface area contributed by atoms with E-state index in [1.54, 1.807) is 12.3 Å². The summed E-state index contributed by atoms with van der Waals surface area (Å²) in [7, 11) is 0. The van der Waals surface area contributed by atoms with E-state index in [1.807, 2.05) is 6.07 Å². The number of ether oxygens (including phenoxy) is 1. The van der Waals surface area contributed by atoms with Crippen LogP contribution in [0, 0.1) is 5.92 Å². The lowest BCUT2D eigenvalue weighted by Crippen LogP contribution is -2.16. The predicted octanol–water partition coefficient (Wildman–Crippen LogP) is 0.812. The highest BCUT2D eigenvalue weighted by Gasteiger charge is 2.23. The second-order valence-electron chi connectivity index (χ2n) is 3.79. The number of nitrogens with two attached hydrogens (primary N) is 1. The van der Waals surface area contributed by atoms with Crippen LogP contribution in [0.3, 0.4) is 0 Å². The largest absolute Gasteiger partial charge is 0.384 e. The molecule has 1 aliphatic rings. The van der Waals surface area contributed by atoms with Crippen molar-refractivity contribution < 1.29 is 9.53 Å². The quantitative estimate of drug-likeness (QED) is 0.794. The van der Waals surface area contributed by atoms with E-state index in [-0.39, 0.29) is 11.7 Å². The molecule has 0 radical (unpaired) electrons. The molecule has 4 nitrogen and oxygen atoms in total. The van der Waals surface area contributed by atoms with Crippen molar-refractivity contribution in [3.05, 3.63) is 23.9 Å². The summed E-state index contributed by atoms with van der Waals surface area (Å²) in [5.74, 6) is 0.764. The number of pyridine rings is 1. The number of anilines is 1. The Bertz CT molecular complexity index is 359. The molecule has 0 spiro atoms. The number of ketones is 1. The summed E-state index contributed by atoms with van der Waals surface area (Å²) in [6, 6.07) is 3.57. The molecule has 80 valence electrons. The third-order valence-corrected chi connectivity index (χ3v) is 2.61. The number of hydrogen-bond acceptors (Lipinski definition) is 4. The van der Waals surface area contributed by atoms with Crippen molar-refractivity contribution in [2.75, 3.05) is 18.9 Å². The molecule has 0 aromatic carbocycles. The van der Waals surface area contributed by atoms with E-state index in [0.717, 1.165) is 12.0 Å². The predicted molar refractivity (Wildman–Crippen MR) is 56.3 cm³/mol. The molecular formula is C11H14N2O2. The number of nitrogen functional groups attached to an aromatic ring is 1. The lowest BCUT2D eigenvalue weighted by atomic mass is 9.98. The van der Waals surface area contributed by atoms with Gasteiger partial charge in [0.05, 0.1) is 6.61 Å². The first-order chi connectivity index (χ1) is 7.25. The molecule has 0 saturated carbocycles. The summed E-state index contributed by atoms with van der Waals surface area (Å²) in [6.45, 7) is 1.27. The zero-order chi connectivity index (χ0) is 10.7. The van der Waals surface area contributed by atoms with Gasteiger partial charge < -0.3 is 10.5 Å². The van der Waals surface area contributed by atoms with Gasteiger partial charge >= 0.3 is 0 Å². The van der Waals surface area contributed by atoms with Crippen LogP contribution in [0.4, 0.5) is 5.82 Å². The van der Waals surface area contributed by atoms with Gasteiger partial charge in [0, 0.05) is 25.1 Å². The number of aromatic nitrogens is 1. The molecule has 2 heterocycles. The Kier molecular flexibility index (Phi) is 2.97. The van der Waals surface area contributed by atoms with E-state index in [9.17, 15) is 4.79 Å². The maximum atomic E-state index is 11.8. The number of Topliss-reactive ketones (excluding diaryl/α,β-unsaturated/α-hetero) is 1. The summed E-state index contributed by atoms with van der Waals surface area (Å²) >= 11 is 0. The van der Waals surface area contributed by atoms with E-state index in [1.165, 1.54) is 0 Å². The van der Waals surface area contributed by atoms with Crippen molar-refractivity contribution in [2.45, 2.75) is 12.8 Å². The molecule has 1 aliphatic heterocycles. The van der Waals surface area contributed by atoms with Gasteiger partial charge in [-0.3, -0.25) is 4.79 Å². The van der Waals surface area contributed by atoms with Crippen LogP contribution in [0.15, 0.2) is 18.3 Å². The number of rotatable bonds is 3. The Morgan fingerprint density at radius 3 is 3.20 bits per heavy atom. The van der Waals surface area contributed by atoms with Crippen molar-refractivity contribution in [3.8, 4) is 0 Å². The summed E-state index contributed by atoms with van der Waals surface area (Å²) in [5, 5.41) is 0. The average molecular weight is 206 g/mol. The van der Waals surface area contributed by atoms with Crippen LogP contribution in [0.25, 0.3) is 0 Å². The van der Waals surface area contributed by atoms with Crippen LogP contribution >= 0.6 is 0 Å². The second-order valence-corrected chi connectivity index (χ2v) is 3.79. The Morgan fingerprint density at radius 1 is 1.67 bits per heavy atom. The van der Waals surface area contributed by atoms with Crippen LogP contribution in [0.1, 0.15) is 12.0 Å². The van der Waals surface area contributed by atoms with Gasteiger partial charge in [-0.15, -0.1) is 0 Å². The number of nitrogens with zero attached hydrogens (tertiary/aromatic N) is 1. The van der Waals surface area contributed by atoms with Crippen LogP contribution in [0.2, 0.25) is 0 Å². The van der Waals surface area contributed by atoms with Gasteiger partial charge in [0.2, 0.25) is 0 Å². The molecule has 2 rings (SSSR count). The SMILES string of the molecule is Nc1cc(CC(=O)C2CCOC2)ccn1. The molecular weight excluding hydrogens is 192 g/mol. The first-order valence-electron chi connectivity index (χ1n) is 5.06. The fourth-order valence-electron chi connectivity index (χ4n) is 1.74. The molecule has 1 unspecified atom stereocenters. The third-order valence-electron chi connectivity index (χ3n) is 2.61. The highest BCUT2D eigenvalue weighted by atomic mass is 16.5. The van der Waals surface area contributed by atoms with Crippen molar-refractivity contribution >= 4 is 11.6 Å². The Hall–Kier alpha value is -1.42. The lowest BCUT2D eigenvalue weighted by molar-refractivity contribution is -0.122. The summed E-state index contributed by atoms with van der Waals surface area (Å²) in [4.78, 5) is 15.7. The van der Waals surface area contributed by atoms with Gasteiger partial charge in [0.15, 0.2) is 0 Å². The Labute approximate surface area is 88.4 Å². The number of carbonyl (C=O) groups is 1. The summed E-state index contributed by atoms with van der Waals surface area (Å²) in [5.41, 5.74) is 6.47. The minimum absolute atomic E-state index is 0.0689. The summed E-state index contributed by atoms with van der Waals surface area (Å²) < 4.78 is 5.18. The number of carbonyl (C=O) groups excluding carboxylic acids is 1. The maximum absolute atomic E-state index is 11.8. The topological polar surface area (TPSA) is 65.2 Å². The molecule has 1 aromatic rings. The molecule has 1 saturated heterocycles. The van der Waals surface area contributed by atoms with E-state index < -0.39 is 0 Å². The molecule has 15 heavy (non-hydrogen) atoms. The molecule has 1 atom stereocenters. The first-order valence-corrected chi connectivity index (χ1v) is 5.06. The van der Waals surface area contributed by atoms with Crippen LogP contribution in [-0.2, 0) is 16.0 Å². The fraction of sp³-hybridized carbons (Fsp3) is 0.455. The van der Waals surface area contributed by atoms with Crippen LogP contribution in [-0.4, -0.2) is 24.0 Å². The Morgan fingerprint density at radius 2 is 2.53 bits per heavy atom. The Balaban J connectivity index is 1.99. The van der Waals surface area contributed by atoms with E-state index >= 15 is 0 Å². The van der Waals surface area contributed by atoms with Gasteiger partial charge in [0.25, 0.3) is 0 Å². The first kappa shape index (κ1) is 10.1. The average Bonchev–Trinajstić information content (AvgIpc) is 2.70. The zero-order valence-corrected chi connectivity index (χ0v) is 8.48. The molecule has 2 N–H and O–H groups in total. The monoisotopic (exact) mass is 206 g/mol. The molecule has 0 aliphatic carbocycles. The molecule has 0 amide bonds. The summed E-state index contributed by atoms with van der Waals surface area (Å²) in [6.07, 6.45) is 2.91. The highest BCUT2D eigenvalue weighted by Crippen LogP contribution is 2.16. The van der Waals surface area contributed by atoms with Gasteiger partial charge in [-0.25, -0.2) is 4.98 Å².